The van der Waals surface area contributed by atoms with E-state index in [1.807, 2.05) is 6.92 Å². The van der Waals surface area contributed by atoms with Crippen LogP contribution in [0.25, 0.3) is 11.4 Å². The quantitative estimate of drug-likeness (QED) is 0.837. The van der Waals surface area contributed by atoms with Crippen molar-refractivity contribution in [2.24, 2.45) is 5.73 Å². The molecule has 0 aliphatic heterocycles. The summed E-state index contributed by atoms with van der Waals surface area (Å²) in [5.74, 6) is 0.0236. The van der Waals surface area contributed by atoms with Gasteiger partial charge in [-0.15, -0.1) is 0 Å². The van der Waals surface area contributed by atoms with Gasteiger partial charge in [0.05, 0.1) is 6.61 Å². The first-order valence-electron chi connectivity index (χ1n) is 5.08. The maximum absolute atomic E-state index is 13.1. The molecule has 90 valence electrons. The van der Waals surface area contributed by atoms with Gasteiger partial charge in [0, 0.05) is 5.56 Å². The molecule has 1 atom stereocenters. The number of aromatic nitrogens is 2. The van der Waals surface area contributed by atoms with E-state index in [4.69, 9.17) is 15.4 Å². The minimum absolute atomic E-state index is 0.131. The van der Waals surface area contributed by atoms with Gasteiger partial charge in [0.2, 0.25) is 11.7 Å². The van der Waals surface area contributed by atoms with Crippen molar-refractivity contribution in [3.05, 3.63) is 35.5 Å². The summed E-state index contributed by atoms with van der Waals surface area (Å²) in [7, 11) is 0. The topological polar surface area (TPSA) is 85.2 Å². The number of nitrogens with two attached hydrogens (primary N) is 1. The highest BCUT2D eigenvalue weighted by Crippen LogP contribution is 2.22. The van der Waals surface area contributed by atoms with Gasteiger partial charge in [-0.25, -0.2) is 4.39 Å². The largest absolute Gasteiger partial charge is 0.394 e. The van der Waals surface area contributed by atoms with Gasteiger partial charge in [0.1, 0.15) is 11.9 Å². The second-order valence-corrected chi connectivity index (χ2v) is 3.70. The van der Waals surface area contributed by atoms with Gasteiger partial charge in [-0.2, -0.15) is 4.98 Å². The molecule has 0 fully saturated rings. The van der Waals surface area contributed by atoms with E-state index in [9.17, 15) is 4.39 Å². The highest BCUT2D eigenvalue weighted by molar-refractivity contribution is 5.59. The molecule has 0 spiro atoms. The molecule has 1 heterocycles. The lowest BCUT2D eigenvalue weighted by Gasteiger charge is -2.00. The van der Waals surface area contributed by atoms with Crippen LogP contribution in [0.3, 0.4) is 0 Å². The molecule has 0 bridgehead atoms. The zero-order valence-corrected chi connectivity index (χ0v) is 9.22. The predicted molar refractivity (Wildman–Crippen MR) is 58.4 cm³/mol. The van der Waals surface area contributed by atoms with Crippen LogP contribution in [-0.4, -0.2) is 21.9 Å². The minimum atomic E-state index is -0.717. The van der Waals surface area contributed by atoms with Crippen molar-refractivity contribution < 1.29 is 14.0 Å². The lowest BCUT2D eigenvalue weighted by atomic mass is 10.1. The lowest BCUT2D eigenvalue weighted by molar-refractivity contribution is 0.237. The first-order chi connectivity index (χ1) is 8.11. The molecule has 6 heteroatoms. The average Bonchev–Trinajstić information content (AvgIpc) is 2.80. The first kappa shape index (κ1) is 11.7. The maximum Gasteiger partial charge on any atom is 0.246 e. The smallest absolute Gasteiger partial charge is 0.246 e. The molecule has 2 rings (SSSR count). The van der Waals surface area contributed by atoms with Crippen LogP contribution >= 0.6 is 0 Å². The molecule has 0 saturated heterocycles. The van der Waals surface area contributed by atoms with E-state index in [-0.39, 0.29) is 24.1 Å². The summed E-state index contributed by atoms with van der Waals surface area (Å²) in [5.41, 5.74) is 6.91. The maximum atomic E-state index is 13.1. The van der Waals surface area contributed by atoms with E-state index >= 15 is 0 Å². The summed E-state index contributed by atoms with van der Waals surface area (Å²) in [6, 6.07) is 3.60. The van der Waals surface area contributed by atoms with Crippen LogP contribution in [0, 0.1) is 12.7 Å². The monoisotopic (exact) mass is 237 g/mol. The van der Waals surface area contributed by atoms with E-state index in [0.29, 0.717) is 5.56 Å². The summed E-state index contributed by atoms with van der Waals surface area (Å²) < 4.78 is 18.0. The van der Waals surface area contributed by atoms with Crippen molar-refractivity contribution in [3.8, 4) is 11.4 Å². The number of nitrogens with zero attached hydrogens (tertiary/aromatic N) is 2. The van der Waals surface area contributed by atoms with Crippen molar-refractivity contribution in [3.63, 3.8) is 0 Å². The van der Waals surface area contributed by atoms with Crippen LogP contribution in [0.2, 0.25) is 0 Å². The average molecular weight is 237 g/mol. The van der Waals surface area contributed by atoms with E-state index in [0.717, 1.165) is 5.56 Å². The molecule has 0 aliphatic rings. The van der Waals surface area contributed by atoms with Gasteiger partial charge in [-0.1, -0.05) is 11.2 Å². The van der Waals surface area contributed by atoms with E-state index < -0.39 is 6.04 Å². The predicted octanol–water partition coefficient (Wildman–Crippen LogP) is 1.18. The number of aryl methyl sites for hydroxylation is 1. The first-order valence-corrected chi connectivity index (χ1v) is 5.08. The molecule has 5 nitrogen and oxygen atoms in total. The fourth-order valence-corrected chi connectivity index (χ4v) is 1.41. The third-order valence-corrected chi connectivity index (χ3v) is 2.40. The number of rotatable bonds is 3. The van der Waals surface area contributed by atoms with E-state index in [2.05, 4.69) is 10.1 Å². The highest BCUT2D eigenvalue weighted by atomic mass is 19.1. The van der Waals surface area contributed by atoms with Crippen molar-refractivity contribution in [1.29, 1.82) is 0 Å². The molecular weight excluding hydrogens is 225 g/mol. The Morgan fingerprint density at radius 1 is 1.53 bits per heavy atom. The molecule has 1 aromatic heterocycles. The minimum Gasteiger partial charge on any atom is -0.394 e. The Labute approximate surface area is 97.1 Å². The summed E-state index contributed by atoms with van der Waals surface area (Å²) in [5, 5.41) is 12.6. The number of aliphatic hydroxyl groups excluding tert-OH is 1. The summed E-state index contributed by atoms with van der Waals surface area (Å²) in [6.07, 6.45) is 0. The van der Waals surface area contributed by atoms with Crippen LogP contribution in [0.1, 0.15) is 17.5 Å². The summed E-state index contributed by atoms with van der Waals surface area (Å²) in [4.78, 5) is 4.02. The van der Waals surface area contributed by atoms with Crippen molar-refractivity contribution in [1.82, 2.24) is 10.1 Å². The number of aliphatic hydroxyl groups is 1. The molecule has 17 heavy (non-hydrogen) atoms. The van der Waals surface area contributed by atoms with Crippen molar-refractivity contribution in [2.45, 2.75) is 13.0 Å². The molecule has 2 aromatic rings. The normalized spacial score (nSPS) is 12.7. The van der Waals surface area contributed by atoms with E-state index in [1.54, 1.807) is 6.07 Å². The van der Waals surface area contributed by atoms with Gasteiger partial charge in [-0.3, -0.25) is 0 Å². The van der Waals surface area contributed by atoms with Crippen LogP contribution in [0.5, 0.6) is 0 Å². The van der Waals surface area contributed by atoms with Crippen LogP contribution in [-0.2, 0) is 0 Å². The standard InChI is InChI=1S/C11H12FN3O2/c1-6-2-3-7(12)4-8(6)10-14-11(17-15-10)9(13)5-16/h2-4,9,16H,5,13H2,1H3/t9-/m0/s1. The number of halogens is 1. The van der Waals surface area contributed by atoms with E-state index in [1.165, 1.54) is 12.1 Å². The Bertz CT molecular complexity index is 527. The Balaban J connectivity index is 2.40. The Morgan fingerprint density at radius 3 is 3.00 bits per heavy atom. The third kappa shape index (κ3) is 2.32. The van der Waals surface area contributed by atoms with Gasteiger partial charge in [0.15, 0.2) is 0 Å². The van der Waals surface area contributed by atoms with Gasteiger partial charge < -0.3 is 15.4 Å². The fourth-order valence-electron chi connectivity index (χ4n) is 1.41. The van der Waals surface area contributed by atoms with Crippen LogP contribution < -0.4 is 5.73 Å². The fraction of sp³-hybridized carbons (Fsp3) is 0.273. The highest BCUT2D eigenvalue weighted by Gasteiger charge is 2.16. The van der Waals surface area contributed by atoms with Crippen molar-refractivity contribution in [2.75, 3.05) is 6.61 Å². The Hall–Kier alpha value is -1.79. The zero-order chi connectivity index (χ0) is 12.4. The Morgan fingerprint density at radius 2 is 2.29 bits per heavy atom. The molecule has 3 N–H and O–H groups in total. The SMILES string of the molecule is Cc1ccc(F)cc1-c1noc([C@@H](N)CO)n1. The molecule has 0 unspecified atom stereocenters. The molecular formula is C11H12FN3O2. The van der Waals surface area contributed by atoms with Crippen LogP contribution in [0.4, 0.5) is 4.39 Å². The number of hydrogen-bond donors (Lipinski definition) is 2. The van der Waals surface area contributed by atoms with Gasteiger partial charge in [-0.05, 0) is 24.6 Å². The van der Waals surface area contributed by atoms with Gasteiger partial charge >= 0.3 is 0 Å². The molecule has 0 radical (unpaired) electrons. The summed E-state index contributed by atoms with van der Waals surface area (Å²) >= 11 is 0. The van der Waals surface area contributed by atoms with Crippen LogP contribution in [0.15, 0.2) is 22.7 Å². The number of hydrogen-bond acceptors (Lipinski definition) is 5. The van der Waals surface area contributed by atoms with Gasteiger partial charge in [0.25, 0.3) is 0 Å². The second kappa shape index (κ2) is 4.60. The molecule has 0 saturated carbocycles. The number of benzene rings is 1. The summed E-state index contributed by atoms with van der Waals surface area (Å²) in [6.45, 7) is 1.53. The zero-order valence-electron chi connectivity index (χ0n) is 9.22. The molecule has 0 aliphatic carbocycles. The second-order valence-electron chi connectivity index (χ2n) is 3.70. The van der Waals surface area contributed by atoms with Crippen molar-refractivity contribution >= 4 is 0 Å². The molecule has 0 amide bonds. The molecule has 1 aromatic carbocycles. The lowest BCUT2D eigenvalue weighted by Crippen LogP contribution is -2.14. The Kier molecular flexibility index (Phi) is 3.16. The third-order valence-electron chi connectivity index (χ3n) is 2.40.